The molecule has 0 spiro atoms. The average molecular weight is 268 g/mol. The number of hydrogen-bond acceptors (Lipinski definition) is 3. The minimum atomic E-state index is -0.319. The first-order valence-corrected chi connectivity index (χ1v) is 7.87. The molecule has 1 heterocycles. The molecule has 1 saturated heterocycles. The fourth-order valence-corrected chi connectivity index (χ4v) is 3.42. The molecule has 1 atom stereocenters. The molecule has 110 valence electrons. The minimum Gasteiger partial charge on any atom is -0.394 e. The highest BCUT2D eigenvalue weighted by atomic mass is 16.3. The molecule has 1 amide bonds. The number of rotatable bonds is 5. The van der Waals surface area contributed by atoms with Crippen LogP contribution in [0.4, 0.5) is 0 Å². The summed E-state index contributed by atoms with van der Waals surface area (Å²) < 4.78 is 0. The van der Waals surface area contributed by atoms with Crippen LogP contribution < -0.4 is 10.6 Å². The normalized spacial score (nSPS) is 26.9. The Balaban J connectivity index is 1.72. The zero-order chi connectivity index (χ0) is 13.6. The molecule has 1 unspecified atom stereocenters. The van der Waals surface area contributed by atoms with Gasteiger partial charge >= 0.3 is 0 Å². The molecule has 0 aromatic heterocycles. The Morgan fingerprint density at radius 1 is 1.26 bits per heavy atom. The molecule has 2 rings (SSSR count). The van der Waals surface area contributed by atoms with E-state index in [0.717, 1.165) is 45.2 Å². The quantitative estimate of drug-likeness (QED) is 0.709. The zero-order valence-corrected chi connectivity index (χ0v) is 11.9. The standard InChI is InChI=1S/C15H28N2O2/c18-12-15(8-2-1-3-9-15)17-14(19)7-6-13-5-4-10-16-11-13/h13,16,18H,1-12H2,(H,17,19). The van der Waals surface area contributed by atoms with Crippen molar-refractivity contribution < 1.29 is 9.90 Å². The van der Waals surface area contributed by atoms with Gasteiger partial charge in [-0.3, -0.25) is 4.79 Å². The monoisotopic (exact) mass is 268 g/mol. The van der Waals surface area contributed by atoms with Gasteiger partial charge in [0, 0.05) is 6.42 Å². The summed E-state index contributed by atoms with van der Waals surface area (Å²) >= 11 is 0. The summed E-state index contributed by atoms with van der Waals surface area (Å²) in [5.74, 6) is 0.775. The molecule has 0 aromatic rings. The van der Waals surface area contributed by atoms with Crippen molar-refractivity contribution in [3.05, 3.63) is 0 Å². The van der Waals surface area contributed by atoms with E-state index in [1.54, 1.807) is 0 Å². The van der Waals surface area contributed by atoms with E-state index >= 15 is 0 Å². The molecule has 19 heavy (non-hydrogen) atoms. The number of piperidine rings is 1. The van der Waals surface area contributed by atoms with E-state index in [1.807, 2.05) is 0 Å². The van der Waals surface area contributed by atoms with Crippen LogP contribution in [-0.4, -0.2) is 36.2 Å². The van der Waals surface area contributed by atoms with Crippen molar-refractivity contribution in [2.24, 2.45) is 5.92 Å². The number of aliphatic hydroxyl groups is 1. The first kappa shape index (κ1) is 14.8. The summed E-state index contributed by atoms with van der Waals surface area (Å²) in [5.41, 5.74) is -0.319. The molecule has 4 nitrogen and oxygen atoms in total. The maximum atomic E-state index is 12.1. The van der Waals surface area contributed by atoms with Crippen molar-refractivity contribution in [3.63, 3.8) is 0 Å². The number of nitrogens with one attached hydrogen (secondary N) is 2. The molecule has 1 aliphatic heterocycles. The van der Waals surface area contributed by atoms with Crippen LogP contribution in [-0.2, 0) is 4.79 Å². The summed E-state index contributed by atoms with van der Waals surface area (Å²) in [6, 6.07) is 0. The highest BCUT2D eigenvalue weighted by molar-refractivity contribution is 5.76. The third-order valence-electron chi connectivity index (χ3n) is 4.70. The largest absolute Gasteiger partial charge is 0.394 e. The van der Waals surface area contributed by atoms with Gasteiger partial charge in [0.15, 0.2) is 0 Å². The van der Waals surface area contributed by atoms with Crippen LogP contribution in [0.25, 0.3) is 0 Å². The van der Waals surface area contributed by atoms with Crippen LogP contribution in [0.1, 0.15) is 57.8 Å². The number of carbonyl (C=O) groups is 1. The second-order valence-electron chi connectivity index (χ2n) is 6.30. The lowest BCUT2D eigenvalue weighted by atomic mass is 9.82. The lowest BCUT2D eigenvalue weighted by Crippen LogP contribution is -2.52. The minimum absolute atomic E-state index is 0.0870. The second-order valence-corrected chi connectivity index (χ2v) is 6.30. The molecule has 2 fully saturated rings. The molecule has 2 aliphatic rings. The predicted octanol–water partition coefficient (Wildman–Crippen LogP) is 1.58. The van der Waals surface area contributed by atoms with Crippen LogP contribution in [0, 0.1) is 5.92 Å². The van der Waals surface area contributed by atoms with E-state index in [2.05, 4.69) is 10.6 Å². The van der Waals surface area contributed by atoms with Crippen molar-refractivity contribution in [1.82, 2.24) is 10.6 Å². The Hall–Kier alpha value is -0.610. The molecular weight excluding hydrogens is 240 g/mol. The van der Waals surface area contributed by atoms with Gasteiger partial charge in [-0.25, -0.2) is 0 Å². The average Bonchev–Trinajstić information content (AvgIpc) is 2.47. The summed E-state index contributed by atoms with van der Waals surface area (Å²) in [7, 11) is 0. The van der Waals surface area contributed by atoms with Crippen molar-refractivity contribution in [1.29, 1.82) is 0 Å². The van der Waals surface area contributed by atoms with Gasteiger partial charge in [0.1, 0.15) is 0 Å². The maximum absolute atomic E-state index is 12.1. The van der Waals surface area contributed by atoms with Crippen molar-refractivity contribution in [2.45, 2.75) is 63.3 Å². The zero-order valence-electron chi connectivity index (χ0n) is 11.9. The first-order valence-electron chi connectivity index (χ1n) is 7.87. The van der Waals surface area contributed by atoms with E-state index in [1.165, 1.54) is 19.3 Å². The lowest BCUT2D eigenvalue weighted by molar-refractivity contribution is -0.124. The smallest absolute Gasteiger partial charge is 0.220 e. The number of carbonyl (C=O) groups excluding carboxylic acids is 1. The Labute approximate surface area is 116 Å². The lowest BCUT2D eigenvalue weighted by Gasteiger charge is -2.36. The van der Waals surface area contributed by atoms with Crippen LogP contribution >= 0.6 is 0 Å². The predicted molar refractivity (Wildman–Crippen MR) is 75.9 cm³/mol. The fourth-order valence-electron chi connectivity index (χ4n) is 3.42. The number of amides is 1. The van der Waals surface area contributed by atoms with Gasteiger partial charge in [-0.1, -0.05) is 19.3 Å². The molecule has 0 radical (unpaired) electrons. The van der Waals surface area contributed by atoms with Crippen molar-refractivity contribution >= 4 is 5.91 Å². The molecule has 3 N–H and O–H groups in total. The molecular formula is C15H28N2O2. The Morgan fingerprint density at radius 2 is 2.05 bits per heavy atom. The van der Waals surface area contributed by atoms with Crippen LogP contribution in [0.3, 0.4) is 0 Å². The van der Waals surface area contributed by atoms with Gasteiger partial charge in [0.2, 0.25) is 5.91 Å². The molecule has 1 saturated carbocycles. The molecule has 4 heteroatoms. The van der Waals surface area contributed by atoms with Crippen molar-refractivity contribution in [3.8, 4) is 0 Å². The molecule has 1 aliphatic carbocycles. The highest BCUT2D eigenvalue weighted by Crippen LogP contribution is 2.28. The van der Waals surface area contributed by atoms with Crippen LogP contribution in [0.2, 0.25) is 0 Å². The van der Waals surface area contributed by atoms with Gasteiger partial charge in [0.25, 0.3) is 0 Å². The molecule has 0 aromatic carbocycles. The van der Waals surface area contributed by atoms with Gasteiger partial charge in [0.05, 0.1) is 12.1 Å². The Kier molecular flexibility index (Phi) is 5.64. The summed E-state index contributed by atoms with van der Waals surface area (Å²) in [6.07, 6.45) is 9.37. The summed E-state index contributed by atoms with van der Waals surface area (Å²) in [6.45, 7) is 2.26. The van der Waals surface area contributed by atoms with Crippen LogP contribution in [0.15, 0.2) is 0 Å². The second kappa shape index (κ2) is 7.25. The highest BCUT2D eigenvalue weighted by Gasteiger charge is 2.32. The van der Waals surface area contributed by atoms with E-state index in [4.69, 9.17) is 0 Å². The first-order chi connectivity index (χ1) is 9.24. The van der Waals surface area contributed by atoms with E-state index in [-0.39, 0.29) is 18.1 Å². The number of aliphatic hydroxyl groups excluding tert-OH is 1. The Morgan fingerprint density at radius 3 is 2.68 bits per heavy atom. The van der Waals surface area contributed by atoms with Gasteiger partial charge in [-0.2, -0.15) is 0 Å². The van der Waals surface area contributed by atoms with Gasteiger partial charge in [-0.15, -0.1) is 0 Å². The van der Waals surface area contributed by atoms with E-state index < -0.39 is 0 Å². The van der Waals surface area contributed by atoms with Gasteiger partial charge < -0.3 is 15.7 Å². The summed E-state index contributed by atoms with van der Waals surface area (Å²) in [4.78, 5) is 12.1. The molecule has 0 bridgehead atoms. The summed E-state index contributed by atoms with van der Waals surface area (Å²) in [5, 5.41) is 16.1. The van der Waals surface area contributed by atoms with E-state index in [0.29, 0.717) is 12.3 Å². The third kappa shape index (κ3) is 4.46. The third-order valence-corrected chi connectivity index (χ3v) is 4.70. The maximum Gasteiger partial charge on any atom is 0.220 e. The van der Waals surface area contributed by atoms with Crippen molar-refractivity contribution in [2.75, 3.05) is 19.7 Å². The number of hydrogen-bond donors (Lipinski definition) is 3. The Bertz CT molecular complexity index is 282. The fraction of sp³-hybridized carbons (Fsp3) is 0.933. The van der Waals surface area contributed by atoms with Gasteiger partial charge in [-0.05, 0) is 51.1 Å². The topological polar surface area (TPSA) is 61.4 Å². The van der Waals surface area contributed by atoms with E-state index in [9.17, 15) is 9.90 Å². The van der Waals surface area contributed by atoms with Crippen LogP contribution in [0.5, 0.6) is 0 Å². The SMILES string of the molecule is O=C(CCC1CCCNC1)NC1(CO)CCCCC1.